The van der Waals surface area contributed by atoms with Gasteiger partial charge in [-0.1, -0.05) is 59.6 Å². The molecule has 1 aliphatic heterocycles. The van der Waals surface area contributed by atoms with E-state index in [0.29, 0.717) is 56.9 Å². The minimum atomic E-state index is -0.841. The first-order chi connectivity index (χ1) is 20.9. The van der Waals surface area contributed by atoms with Gasteiger partial charge in [-0.05, 0) is 43.0 Å². The number of nitrogens with zero attached hydrogens (tertiary/aromatic N) is 5. The van der Waals surface area contributed by atoms with Crippen molar-refractivity contribution >= 4 is 53.3 Å². The van der Waals surface area contributed by atoms with Gasteiger partial charge in [0.2, 0.25) is 0 Å². The van der Waals surface area contributed by atoms with E-state index in [1.165, 1.54) is 6.20 Å². The van der Waals surface area contributed by atoms with Gasteiger partial charge in [0, 0.05) is 47.7 Å². The second-order valence-corrected chi connectivity index (χ2v) is 11.6. The van der Waals surface area contributed by atoms with Crippen molar-refractivity contribution in [3.63, 3.8) is 0 Å². The lowest BCUT2D eigenvalue weighted by Gasteiger charge is -2.34. The number of rotatable bonds is 10. The lowest BCUT2D eigenvalue weighted by molar-refractivity contribution is 0.260. The van der Waals surface area contributed by atoms with Crippen molar-refractivity contribution in [2.24, 2.45) is 0 Å². The zero-order valence-corrected chi connectivity index (χ0v) is 24.9. The average Bonchev–Trinajstić information content (AvgIpc) is 3.75. The van der Waals surface area contributed by atoms with E-state index >= 15 is 0 Å². The Labute approximate surface area is 260 Å². The second-order valence-electron chi connectivity index (χ2n) is 10.8. The summed E-state index contributed by atoms with van der Waals surface area (Å²) in [7, 11) is 2.03. The van der Waals surface area contributed by atoms with Gasteiger partial charge in [-0.15, -0.1) is 5.53 Å². The van der Waals surface area contributed by atoms with Crippen LogP contribution in [-0.2, 0) is 5.44 Å². The van der Waals surface area contributed by atoms with Gasteiger partial charge in [-0.3, -0.25) is 9.99 Å². The molecule has 214 valence electrons. The first kappa shape index (κ1) is 28.6. The molecule has 1 fully saturated rings. The van der Waals surface area contributed by atoms with Crippen LogP contribution in [0.5, 0.6) is 0 Å². The number of anilines is 2. The molecule has 0 spiro atoms. The highest BCUT2D eigenvalue weighted by molar-refractivity contribution is 6.36. The molecule has 1 aliphatic carbocycles. The van der Waals surface area contributed by atoms with Crippen LogP contribution in [0, 0.1) is 22.7 Å². The van der Waals surface area contributed by atoms with Crippen LogP contribution in [0.2, 0.25) is 10.2 Å². The van der Waals surface area contributed by atoms with E-state index in [-0.39, 0.29) is 6.04 Å². The molecule has 6 rings (SSSR count). The number of benzene rings is 2. The molecule has 2 aromatic heterocycles. The molecular weight excluding hydrogens is 580 g/mol. The maximum absolute atomic E-state index is 10.1. The van der Waals surface area contributed by atoms with Gasteiger partial charge in [0.1, 0.15) is 19.1 Å². The van der Waals surface area contributed by atoms with Crippen molar-refractivity contribution in [1.82, 2.24) is 25.9 Å². The average molecular weight is 608 g/mol. The van der Waals surface area contributed by atoms with Crippen LogP contribution >= 0.6 is 23.2 Å². The fraction of sp³-hybridized carbons (Fsp3) is 0.226. The summed E-state index contributed by atoms with van der Waals surface area (Å²) in [6.07, 6.45) is 8.40. The summed E-state index contributed by atoms with van der Waals surface area (Å²) in [6, 6.07) is 22.2. The lowest BCUT2D eigenvalue weighted by atomic mass is 9.70. The number of fused-ring (bicyclic) bond motifs is 1. The minimum absolute atomic E-state index is 0.208. The molecule has 9 nitrogen and oxygen atoms in total. The molecule has 2 aromatic carbocycles. The number of hydrazine groups is 2. The fourth-order valence-electron chi connectivity index (χ4n) is 5.42. The molecule has 2 aliphatic rings. The Morgan fingerprint density at radius 1 is 1.12 bits per heavy atom. The van der Waals surface area contributed by atoms with Crippen LogP contribution in [0.3, 0.4) is 0 Å². The number of nitrogens with one attached hydrogen (secondary N) is 4. The third-order valence-electron chi connectivity index (χ3n) is 7.87. The topological polar surface area (TPSA) is 125 Å². The van der Waals surface area contributed by atoms with E-state index in [1.54, 1.807) is 6.20 Å². The Kier molecular flexibility index (Phi) is 8.01. The Balaban J connectivity index is 1.45. The molecule has 0 bridgehead atoms. The van der Waals surface area contributed by atoms with Crippen LogP contribution in [-0.4, -0.2) is 28.9 Å². The Morgan fingerprint density at radius 3 is 2.65 bits per heavy atom. The number of pyridine rings is 2. The highest BCUT2D eigenvalue weighted by Gasteiger charge is 2.39. The summed E-state index contributed by atoms with van der Waals surface area (Å²) in [5.74, 6) is 0. The van der Waals surface area contributed by atoms with Gasteiger partial charge in [0.05, 0.1) is 45.0 Å². The summed E-state index contributed by atoms with van der Waals surface area (Å²) in [4.78, 5) is 8.88. The summed E-state index contributed by atoms with van der Waals surface area (Å²) in [5.41, 5.74) is 10.6. The van der Waals surface area contributed by atoms with Crippen molar-refractivity contribution in [3.05, 3.63) is 106 Å². The van der Waals surface area contributed by atoms with Crippen LogP contribution in [0.4, 0.5) is 11.4 Å². The highest BCUT2D eigenvalue weighted by Crippen LogP contribution is 2.40. The molecule has 43 heavy (non-hydrogen) atoms. The maximum atomic E-state index is 10.1. The summed E-state index contributed by atoms with van der Waals surface area (Å²) >= 11 is 13.5. The molecule has 3 heterocycles. The van der Waals surface area contributed by atoms with Crippen LogP contribution in [0.15, 0.2) is 78.9 Å². The third-order valence-corrected chi connectivity index (χ3v) is 8.46. The summed E-state index contributed by atoms with van der Waals surface area (Å²) < 4.78 is 0. The maximum Gasteiger partial charge on any atom is 0.148 e. The Hall–Kier alpha value is -4.48. The first-order valence-electron chi connectivity index (χ1n) is 14.0. The Bertz CT molecular complexity index is 1780. The monoisotopic (exact) mass is 607 g/mol. The van der Waals surface area contributed by atoms with Crippen LogP contribution in [0.1, 0.15) is 48.4 Å². The van der Waals surface area contributed by atoms with E-state index in [2.05, 4.69) is 54.9 Å². The molecule has 4 N–H and O–H groups in total. The van der Waals surface area contributed by atoms with E-state index in [9.17, 15) is 10.5 Å². The number of hydrogen-bond acceptors (Lipinski definition) is 9. The smallest absolute Gasteiger partial charge is 0.148 e. The second kappa shape index (κ2) is 12.0. The molecule has 12 heteroatoms. The van der Waals surface area contributed by atoms with Crippen molar-refractivity contribution in [1.29, 1.82) is 10.5 Å². The molecule has 1 saturated carbocycles. The van der Waals surface area contributed by atoms with Gasteiger partial charge in [-0.2, -0.15) is 10.5 Å². The molecule has 4 aromatic rings. The lowest BCUT2D eigenvalue weighted by Crippen LogP contribution is -2.45. The molecular formula is C31H28BCl2N9. The van der Waals surface area contributed by atoms with Gasteiger partial charge in [-0.25, -0.2) is 4.98 Å². The number of aromatic nitrogens is 2. The zero-order valence-electron chi connectivity index (χ0n) is 23.4. The van der Waals surface area contributed by atoms with Gasteiger partial charge < -0.3 is 16.1 Å². The SMILES string of the molecule is B[C@@](Nc1cc(Cl)c2ncc(C#N)c(N[C@H](CCC#N)c3ccccc3)c2c1)(C1=CN(C2CC2)NN1)c1cccnc1Cl. The number of halogens is 2. The van der Waals surface area contributed by atoms with Crippen LogP contribution in [0.25, 0.3) is 10.9 Å². The minimum Gasteiger partial charge on any atom is -0.378 e. The van der Waals surface area contributed by atoms with Gasteiger partial charge >= 0.3 is 0 Å². The van der Waals surface area contributed by atoms with Crippen LogP contribution < -0.4 is 21.6 Å². The van der Waals surface area contributed by atoms with Gasteiger partial charge in [0.25, 0.3) is 0 Å². The quantitative estimate of drug-likeness (QED) is 0.137. The predicted octanol–water partition coefficient (Wildman–Crippen LogP) is 5.49. The van der Waals surface area contributed by atoms with Crippen molar-refractivity contribution in [2.75, 3.05) is 10.6 Å². The van der Waals surface area contributed by atoms with E-state index in [4.69, 9.17) is 23.2 Å². The standard InChI is InChI=1S/C31H28BCl2N9/c32-31(24-8-5-13-37-30(24)34,27-18-43(42-41-27)22-10-11-22)40-21-14-23-28(20(16-36)17-38-29(23)25(33)15-21)39-26(9-4-12-35)19-6-2-1-3-7-19/h1-3,5-8,13-15,17-18,22,26,40-42H,4,9-11,32H2,(H,38,39)/t26-,31+/m1/s1. The van der Waals surface area contributed by atoms with Crippen molar-refractivity contribution < 1.29 is 0 Å². The van der Waals surface area contributed by atoms with E-state index in [0.717, 1.165) is 29.7 Å². The molecule has 0 radical (unpaired) electrons. The fourth-order valence-corrected chi connectivity index (χ4v) is 6.00. The van der Waals surface area contributed by atoms with Crippen molar-refractivity contribution in [2.45, 2.75) is 43.2 Å². The third kappa shape index (κ3) is 5.78. The normalized spacial score (nSPS) is 16.4. The van der Waals surface area contributed by atoms with E-state index in [1.807, 2.05) is 62.4 Å². The zero-order chi connectivity index (χ0) is 30.0. The van der Waals surface area contributed by atoms with Gasteiger partial charge in [0.15, 0.2) is 0 Å². The van der Waals surface area contributed by atoms with E-state index < -0.39 is 5.44 Å². The molecule has 2 atom stereocenters. The van der Waals surface area contributed by atoms with Crippen molar-refractivity contribution in [3.8, 4) is 12.1 Å². The Morgan fingerprint density at radius 2 is 1.93 bits per heavy atom. The molecule has 0 unspecified atom stereocenters. The predicted molar refractivity (Wildman–Crippen MR) is 171 cm³/mol. The first-order valence-corrected chi connectivity index (χ1v) is 14.8. The summed E-state index contributed by atoms with van der Waals surface area (Å²) in [5, 5.41) is 30.2. The largest absolute Gasteiger partial charge is 0.378 e. The number of nitriles is 2. The summed E-state index contributed by atoms with van der Waals surface area (Å²) in [6.45, 7) is 0. The molecule has 0 saturated heterocycles. The molecule has 0 amide bonds. The highest BCUT2D eigenvalue weighted by atomic mass is 35.5. The number of hydrogen-bond donors (Lipinski definition) is 4.